The number of hydrogen-bond donors (Lipinski definition) is 1. The molecule has 5 heteroatoms. The highest BCUT2D eigenvalue weighted by molar-refractivity contribution is 5.99. The molecule has 0 bridgehead atoms. The molecule has 1 aliphatic heterocycles. The molecule has 2 amide bonds. The van der Waals surface area contributed by atoms with Crippen LogP contribution in [-0.2, 0) is 11.4 Å². The lowest BCUT2D eigenvalue weighted by Crippen LogP contribution is -2.24. The summed E-state index contributed by atoms with van der Waals surface area (Å²) in [5.74, 6) is 0.388. The predicted octanol–water partition coefficient (Wildman–Crippen LogP) is 4.19. The molecule has 0 spiro atoms. The molecular weight excluding hydrogens is 376 g/mol. The molecule has 0 saturated carbocycles. The zero-order valence-corrected chi connectivity index (χ0v) is 16.9. The Morgan fingerprint density at radius 1 is 1.07 bits per heavy atom. The van der Waals surface area contributed by atoms with Gasteiger partial charge in [-0.05, 0) is 48.4 Å². The van der Waals surface area contributed by atoms with Gasteiger partial charge in [-0.1, -0.05) is 48.0 Å². The molecule has 3 aromatic rings. The van der Waals surface area contributed by atoms with Crippen molar-refractivity contribution in [2.75, 3.05) is 11.4 Å². The number of aryl methyl sites for hydroxylation is 1. The van der Waals surface area contributed by atoms with Crippen molar-refractivity contribution in [1.29, 1.82) is 0 Å². The lowest BCUT2D eigenvalue weighted by atomic mass is 9.98. The van der Waals surface area contributed by atoms with Gasteiger partial charge in [-0.25, -0.2) is 0 Å². The number of nitrogens with two attached hydrogens (primary N) is 1. The third kappa shape index (κ3) is 4.35. The fourth-order valence-electron chi connectivity index (χ4n) is 3.83. The third-order valence-electron chi connectivity index (χ3n) is 5.38. The van der Waals surface area contributed by atoms with Crippen LogP contribution in [0.3, 0.4) is 0 Å². The van der Waals surface area contributed by atoms with Crippen molar-refractivity contribution < 1.29 is 14.3 Å². The number of benzene rings is 3. The molecule has 152 valence electrons. The molecule has 1 saturated heterocycles. The van der Waals surface area contributed by atoms with Gasteiger partial charge in [0.25, 0.3) is 0 Å². The summed E-state index contributed by atoms with van der Waals surface area (Å²) in [7, 11) is 0. The topological polar surface area (TPSA) is 72.6 Å². The van der Waals surface area contributed by atoms with Crippen LogP contribution in [0.15, 0.2) is 72.8 Å². The van der Waals surface area contributed by atoms with Gasteiger partial charge < -0.3 is 15.4 Å². The van der Waals surface area contributed by atoms with Gasteiger partial charge in [0, 0.05) is 30.1 Å². The molecule has 1 fully saturated rings. The summed E-state index contributed by atoms with van der Waals surface area (Å²) in [5.41, 5.74) is 9.87. The Kier molecular flexibility index (Phi) is 5.53. The van der Waals surface area contributed by atoms with Crippen LogP contribution in [0.2, 0.25) is 0 Å². The molecule has 0 aliphatic carbocycles. The SMILES string of the molecule is Cc1cccc(COc2cccc(C3CC(=O)N(c4cccc(C(N)=O)c4)C3)c2)c1. The maximum atomic E-state index is 12.6. The molecule has 3 aromatic carbocycles. The molecule has 1 atom stereocenters. The van der Waals surface area contributed by atoms with Crippen LogP contribution in [0.4, 0.5) is 5.69 Å². The van der Waals surface area contributed by atoms with Crippen LogP contribution < -0.4 is 15.4 Å². The minimum absolute atomic E-state index is 0.0349. The fourth-order valence-corrected chi connectivity index (χ4v) is 3.83. The van der Waals surface area contributed by atoms with E-state index in [9.17, 15) is 9.59 Å². The van der Waals surface area contributed by atoms with Crippen LogP contribution in [-0.4, -0.2) is 18.4 Å². The van der Waals surface area contributed by atoms with E-state index in [0.717, 1.165) is 16.9 Å². The predicted molar refractivity (Wildman–Crippen MR) is 117 cm³/mol. The first-order valence-corrected chi connectivity index (χ1v) is 9.98. The molecule has 2 N–H and O–H groups in total. The van der Waals surface area contributed by atoms with Gasteiger partial charge in [0.05, 0.1) is 0 Å². The lowest BCUT2D eigenvalue weighted by molar-refractivity contribution is -0.117. The lowest BCUT2D eigenvalue weighted by Gasteiger charge is -2.18. The number of amides is 2. The smallest absolute Gasteiger partial charge is 0.248 e. The minimum Gasteiger partial charge on any atom is -0.489 e. The van der Waals surface area contributed by atoms with Gasteiger partial charge in [0.15, 0.2) is 0 Å². The Labute approximate surface area is 176 Å². The van der Waals surface area contributed by atoms with E-state index < -0.39 is 5.91 Å². The minimum atomic E-state index is -0.501. The van der Waals surface area contributed by atoms with Crippen LogP contribution >= 0.6 is 0 Å². The van der Waals surface area contributed by atoms with Crippen molar-refractivity contribution in [3.63, 3.8) is 0 Å². The number of ether oxygens (including phenoxy) is 1. The summed E-state index contributed by atoms with van der Waals surface area (Å²) in [6, 6.07) is 23.1. The van der Waals surface area contributed by atoms with Crippen molar-refractivity contribution in [3.8, 4) is 5.75 Å². The van der Waals surface area contributed by atoms with E-state index in [1.54, 1.807) is 23.1 Å². The van der Waals surface area contributed by atoms with Crippen molar-refractivity contribution in [1.82, 2.24) is 0 Å². The van der Waals surface area contributed by atoms with E-state index >= 15 is 0 Å². The van der Waals surface area contributed by atoms with E-state index in [1.165, 1.54) is 5.56 Å². The highest BCUT2D eigenvalue weighted by Gasteiger charge is 2.32. The van der Waals surface area contributed by atoms with Gasteiger partial charge in [-0.3, -0.25) is 9.59 Å². The molecule has 1 aliphatic rings. The zero-order chi connectivity index (χ0) is 21.1. The van der Waals surface area contributed by atoms with Gasteiger partial charge in [-0.15, -0.1) is 0 Å². The average Bonchev–Trinajstić information content (AvgIpc) is 3.14. The Morgan fingerprint density at radius 2 is 1.87 bits per heavy atom. The normalized spacial score (nSPS) is 16.0. The fraction of sp³-hybridized carbons (Fsp3) is 0.200. The van der Waals surface area contributed by atoms with E-state index in [2.05, 4.69) is 19.1 Å². The second-order valence-corrected chi connectivity index (χ2v) is 7.67. The van der Waals surface area contributed by atoms with Crippen molar-refractivity contribution >= 4 is 17.5 Å². The maximum absolute atomic E-state index is 12.6. The quantitative estimate of drug-likeness (QED) is 0.674. The van der Waals surface area contributed by atoms with Crippen LogP contribution in [0, 0.1) is 6.92 Å². The van der Waals surface area contributed by atoms with Gasteiger partial charge >= 0.3 is 0 Å². The monoisotopic (exact) mass is 400 g/mol. The van der Waals surface area contributed by atoms with Crippen LogP contribution in [0.25, 0.3) is 0 Å². The van der Waals surface area contributed by atoms with Crippen molar-refractivity contribution in [2.45, 2.75) is 25.9 Å². The maximum Gasteiger partial charge on any atom is 0.248 e. The Hall–Kier alpha value is -3.60. The molecule has 0 radical (unpaired) electrons. The summed E-state index contributed by atoms with van der Waals surface area (Å²) in [4.78, 5) is 25.8. The summed E-state index contributed by atoms with van der Waals surface area (Å²) < 4.78 is 5.98. The van der Waals surface area contributed by atoms with Crippen molar-refractivity contribution in [2.24, 2.45) is 5.73 Å². The first-order valence-electron chi connectivity index (χ1n) is 9.98. The molecule has 30 heavy (non-hydrogen) atoms. The molecule has 4 rings (SSSR count). The number of primary amides is 1. The molecule has 0 aromatic heterocycles. The van der Waals surface area contributed by atoms with Gasteiger partial charge in [0.2, 0.25) is 11.8 Å². The molecule has 1 unspecified atom stereocenters. The highest BCUT2D eigenvalue weighted by Crippen LogP contribution is 2.33. The van der Waals surface area contributed by atoms with Crippen molar-refractivity contribution in [3.05, 3.63) is 95.1 Å². The second-order valence-electron chi connectivity index (χ2n) is 7.67. The Balaban J connectivity index is 1.47. The van der Waals surface area contributed by atoms with Gasteiger partial charge in [-0.2, -0.15) is 0 Å². The Bertz CT molecular complexity index is 1090. The zero-order valence-electron chi connectivity index (χ0n) is 16.9. The largest absolute Gasteiger partial charge is 0.489 e. The summed E-state index contributed by atoms with van der Waals surface area (Å²) in [6.07, 6.45) is 0.419. The second kappa shape index (κ2) is 8.41. The van der Waals surface area contributed by atoms with Gasteiger partial charge in [0.1, 0.15) is 12.4 Å². The molecular formula is C25H24N2O3. The number of hydrogen-bond acceptors (Lipinski definition) is 3. The van der Waals surface area contributed by atoms with Crippen LogP contribution in [0.1, 0.15) is 39.4 Å². The standard InChI is InChI=1S/C25H24N2O3/c1-17-5-2-6-18(11-17)16-30-23-10-4-7-19(13-23)21-14-24(28)27(15-21)22-9-3-8-20(12-22)25(26)29/h2-13,21H,14-16H2,1H3,(H2,26,29). The summed E-state index contributed by atoms with van der Waals surface area (Å²) in [5, 5.41) is 0. The number of carbonyl (C=O) groups excluding carboxylic acids is 2. The summed E-state index contributed by atoms with van der Waals surface area (Å²) >= 11 is 0. The average molecular weight is 400 g/mol. The van der Waals surface area contributed by atoms with E-state index in [-0.39, 0.29) is 11.8 Å². The third-order valence-corrected chi connectivity index (χ3v) is 5.38. The van der Waals surface area contributed by atoms with E-state index in [0.29, 0.717) is 30.8 Å². The van der Waals surface area contributed by atoms with E-state index in [1.807, 2.05) is 42.5 Å². The number of rotatable bonds is 6. The van der Waals surface area contributed by atoms with E-state index in [4.69, 9.17) is 10.5 Å². The molecule has 1 heterocycles. The number of nitrogens with zero attached hydrogens (tertiary/aromatic N) is 1. The first-order chi connectivity index (χ1) is 14.5. The number of anilines is 1. The van der Waals surface area contributed by atoms with Crippen LogP contribution in [0.5, 0.6) is 5.75 Å². The Morgan fingerprint density at radius 3 is 2.67 bits per heavy atom. The first kappa shape index (κ1) is 19.7. The molecule has 5 nitrogen and oxygen atoms in total. The number of carbonyl (C=O) groups is 2. The highest BCUT2D eigenvalue weighted by atomic mass is 16.5. The summed E-state index contributed by atoms with van der Waals surface area (Å²) in [6.45, 7) is 3.12.